The first kappa shape index (κ1) is 15.4. The first-order valence-electron chi connectivity index (χ1n) is 5.27. The molecular weight excluding hydrogens is 374 g/mol. The van der Waals surface area contributed by atoms with Gasteiger partial charge in [0.1, 0.15) is 4.90 Å². The zero-order valence-electron chi connectivity index (χ0n) is 9.86. The fraction of sp³-hybridized carbons (Fsp3) is 0.0909. The number of hydrogen-bond donors (Lipinski definition) is 2. The molecule has 0 spiro atoms. The lowest BCUT2D eigenvalue weighted by Gasteiger charge is -2.08. The monoisotopic (exact) mass is 382 g/mol. The number of nitrogens with one attached hydrogen (secondary N) is 1. The highest BCUT2D eigenvalue weighted by atomic mass is 79.9. The van der Waals surface area contributed by atoms with Crippen molar-refractivity contribution in [3.8, 4) is 0 Å². The smallest absolute Gasteiger partial charge is 0.244 e. The second-order valence-electron chi connectivity index (χ2n) is 3.83. The summed E-state index contributed by atoms with van der Waals surface area (Å²) < 4.78 is 53.7. The molecule has 0 bridgehead atoms. The third-order valence-electron chi connectivity index (χ3n) is 2.42. The Morgan fingerprint density at radius 3 is 2.65 bits per heavy atom. The molecule has 0 aliphatic carbocycles. The number of halogens is 3. The van der Waals surface area contributed by atoms with Crippen LogP contribution in [0.25, 0.3) is 0 Å². The van der Waals surface area contributed by atoms with Gasteiger partial charge in [-0.25, -0.2) is 21.9 Å². The minimum absolute atomic E-state index is 0.0313. The van der Waals surface area contributed by atoms with Crippen LogP contribution in [0.3, 0.4) is 0 Å². The summed E-state index contributed by atoms with van der Waals surface area (Å²) in [7, 11) is -4.19. The molecule has 0 unspecified atom stereocenters. The SMILES string of the molecule is Nc1cc(F)c(F)c(S(=O)(=O)NCc2sccc2Br)c1. The molecule has 4 nitrogen and oxygen atoms in total. The average Bonchev–Trinajstić information content (AvgIpc) is 2.77. The zero-order chi connectivity index (χ0) is 14.9. The van der Waals surface area contributed by atoms with Crippen molar-refractivity contribution in [1.29, 1.82) is 0 Å². The maximum absolute atomic E-state index is 13.6. The van der Waals surface area contributed by atoms with Gasteiger partial charge in [0.25, 0.3) is 0 Å². The highest BCUT2D eigenvalue weighted by Gasteiger charge is 2.22. The van der Waals surface area contributed by atoms with Crippen molar-refractivity contribution < 1.29 is 17.2 Å². The zero-order valence-corrected chi connectivity index (χ0v) is 13.1. The average molecular weight is 383 g/mol. The number of hydrogen-bond acceptors (Lipinski definition) is 4. The van der Waals surface area contributed by atoms with Crippen LogP contribution in [0.15, 0.2) is 32.9 Å². The van der Waals surface area contributed by atoms with Gasteiger partial charge in [0.2, 0.25) is 10.0 Å². The lowest BCUT2D eigenvalue weighted by molar-refractivity contribution is 0.484. The topological polar surface area (TPSA) is 72.2 Å². The Hall–Kier alpha value is -1.03. The lowest BCUT2D eigenvalue weighted by Crippen LogP contribution is -2.24. The standard InChI is InChI=1S/C11H9BrF2N2O2S2/c12-7-1-2-19-9(7)5-16-20(17,18)10-4-6(15)3-8(13)11(10)14/h1-4,16H,5,15H2. The molecule has 0 aliphatic heterocycles. The van der Waals surface area contributed by atoms with E-state index in [1.165, 1.54) is 11.3 Å². The van der Waals surface area contributed by atoms with Gasteiger partial charge in [-0.3, -0.25) is 0 Å². The Kier molecular flexibility index (Phi) is 4.43. The molecule has 0 radical (unpaired) electrons. The summed E-state index contributed by atoms with van der Waals surface area (Å²) in [5, 5.41) is 1.77. The maximum atomic E-state index is 13.6. The van der Waals surface area contributed by atoms with Crippen molar-refractivity contribution in [2.75, 3.05) is 5.73 Å². The molecule has 0 saturated heterocycles. The number of sulfonamides is 1. The van der Waals surface area contributed by atoms with Gasteiger partial charge in [-0.05, 0) is 39.5 Å². The highest BCUT2D eigenvalue weighted by Crippen LogP contribution is 2.24. The van der Waals surface area contributed by atoms with Crippen LogP contribution in [0.1, 0.15) is 4.88 Å². The van der Waals surface area contributed by atoms with Gasteiger partial charge >= 0.3 is 0 Å². The van der Waals surface area contributed by atoms with Crippen molar-refractivity contribution in [3.05, 3.63) is 44.6 Å². The van der Waals surface area contributed by atoms with Crippen LogP contribution in [0, 0.1) is 11.6 Å². The summed E-state index contributed by atoms with van der Waals surface area (Å²) in [5.74, 6) is -2.75. The number of nitrogen functional groups attached to an aromatic ring is 1. The molecule has 2 rings (SSSR count). The third kappa shape index (κ3) is 3.17. The number of anilines is 1. The van der Waals surface area contributed by atoms with E-state index in [2.05, 4.69) is 20.7 Å². The van der Waals surface area contributed by atoms with Gasteiger partial charge in [0.05, 0.1) is 0 Å². The Balaban J connectivity index is 2.29. The normalized spacial score (nSPS) is 11.8. The Morgan fingerprint density at radius 1 is 1.35 bits per heavy atom. The van der Waals surface area contributed by atoms with Gasteiger partial charge in [-0.15, -0.1) is 11.3 Å². The summed E-state index contributed by atoms with van der Waals surface area (Å²) in [6.45, 7) is -0.0313. The minimum Gasteiger partial charge on any atom is -0.399 e. The molecule has 108 valence electrons. The second kappa shape index (κ2) is 5.76. The van der Waals surface area contributed by atoms with Crippen LogP contribution < -0.4 is 10.5 Å². The van der Waals surface area contributed by atoms with E-state index in [9.17, 15) is 17.2 Å². The van der Waals surface area contributed by atoms with Crippen LogP contribution in [0.2, 0.25) is 0 Å². The van der Waals surface area contributed by atoms with Crippen molar-refractivity contribution in [2.24, 2.45) is 0 Å². The maximum Gasteiger partial charge on any atom is 0.244 e. The van der Waals surface area contributed by atoms with Crippen molar-refractivity contribution in [1.82, 2.24) is 4.72 Å². The summed E-state index contributed by atoms with van der Waals surface area (Å²) in [4.78, 5) is -0.0824. The van der Waals surface area contributed by atoms with Crippen LogP contribution in [-0.4, -0.2) is 8.42 Å². The van der Waals surface area contributed by atoms with Crippen LogP contribution in [0.4, 0.5) is 14.5 Å². The molecule has 0 atom stereocenters. The number of thiophene rings is 1. The molecule has 20 heavy (non-hydrogen) atoms. The van der Waals surface area contributed by atoms with E-state index in [1.54, 1.807) is 11.4 Å². The Labute approximate surface area is 126 Å². The molecule has 0 aliphatic rings. The molecule has 0 fully saturated rings. The van der Waals surface area contributed by atoms with E-state index in [0.717, 1.165) is 21.5 Å². The van der Waals surface area contributed by atoms with E-state index in [1.807, 2.05) is 0 Å². The first-order chi connectivity index (χ1) is 9.31. The minimum atomic E-state index is -4.19. The van der Waals surface area contributed by atoms with Gasteiger partial charge in [-0.2, -0.15) is 0 Å². The van der Waals surface area contributed by atoms with Crippen molar-refractivity contribution >= 4 is 43.0 Å². The van der Waals surface area contributed by atoms with Gasteiger partial charge in [-0.1, -0.05) is 0 Å². The molecule has 9 heteroatoms. The van der Waals surface area contributed by atoms with Crippen LogP contribution in [-0.2, 0) is 16.6 Å². The molecule has 1 aromatic carbocycles. The molecule has 0 saturated carbocycles. The van der Waals surface area contributed by atoms with E-state index in [4.69, 9.17) is 5.73 Å². The van der Waals surface area contributed by atoms with Crippen LogP contribution >= 0.6 is 27.3 Å². The Bertz CT molecular complexity index is 747. The molecule has 2 aromatic rings. The quantitative estimate of drug-likeness (QED) is 0.798. The van der Waals surface area contributed by atoms with Gasteiger partial charge in [0.15, 0.2) is 11.6 Å². The van der Waals surface area contributed by atoms with E-state index in [0.29, 0.717) is 0 Å². The summed E-state index contributed by atoms with van der Waals surface area (Å²) in [6.07, 6.45) is 0. The van der Waals surface area contributed by atoms with E-state index >= 15 is 0 Å². The van der Waals surface area contributed by atoms with Crippen molar-refractivity contribution in [3.63, 3.8) is 0 Å². The number of rotatable bonds is 4. The van der Waals surface area contributed by atoms with Crippen LogP contribution in [0.5, 0.6) is 0 Å². The van der Waals surface area contributed by atoms with Gasteiger partial charge < -0.3 is 5.73 Å². The summed E-state index contributed by atoms with van der Waals surface area (Å²) in [5.41, 5.74) is 5.17. The summed E-state index contributed by atoms with van der Waals surface area (Å²) >= 11 is 4.58. The first-order valence-corrected chi connectivity index (χ1v) is 8.43. The second-order valence-corrected chi connectivity index (χ2v) is 7.42. The largest absolute Gasteiger partial charge is 0.399 e. The number of benzene rings is 1. The summed E-state index contributed by atoms with van der Waals surface area (Å²) in [6, 6.07) is 3.36. The number of nitrogens with two attached hydrogens (primary N) is 1. The molecule has 1 heterocycles. The molecule has 3 N–H and O–H groups in total. The predicted octanol–water partition coefficient (Wildman–Crippen LogP) is 2.85. The molecule has 0 amide bonds. The fourth-order valence-corrected chi connectivity index (χ4v) is 4.11. The Morgan fingerprint density at radius 2 is 2.05 bits per heavy atom. The molecular formula is C11H9BrF2N2O2S2. The predicted molar refractivity (Wildman–Crippen MR) is 76.8 cm³/mol. The fourth-order valence-electron chi connectivity index (χ4n) is 1.47. The van der Waals surface area contributed by atoms with E-state index < -0.39 is 26.6 Å². The molecule has 1 aromatic heterocycles. The lowest BCUT2D eigenvalue weighted by atomic mass is 10.3. The van der Waals surface area contributed by atoms with Gasteiger partial charge in [0, 0.05) is 21.6 Å². The van der Waals surface area contributed by atoms with E-state index in [-0.39, 0.29) is 12.2 Å². The van der Waals surface area contributed by atoms with Crippen molar-refractivity contribution in [2.45, 2.75) is 11.4 Å². The third-order valence-corrected chi connectivity index (χ3v) is 5.75. The highest BCUT2D eigenvalue weighted by molar-refractivity contribution is 9.10.